The second kappa shape index (κ2) is 7.45. The molecule has 156 valence electrons. The fraction of sp³-hybridized carbons (Fsp3) is 0.455. The van der Waals surface area contributed by atoms with Crippen LogP contribution in [0.2, 0.25) is 19.6 Å². The minimum absolute atomic E-state index is 0.0626. The van der Waals surface area contributed by atoms with Gasteiger partial charge < -0.3 is 9.16 Å². The Morgan fingerprint density at radius 1 is 1.14 bits per heavy atom. The molecule has 1 unspecified atom stereocenters. The number of aryl methyl sites for hydroxylation is 1. The van der Waals surface area contributed by atoms with E-state index in [4.69, 9.17) is 9.16 Å². The van der Waals surface area contributed by atoms with Crippen LogP contribution in [0.5, 0.6) is 0 Å². The summed E-state index contributed by atoms with van der Waals surface area (Å²) < 4.78 is 24.2. The Labute approximate surface area is 175 Å². The fourth-order valence-electron chi connectivity index (χ4n) is 4.12. The molecule has 0 amide bonds. The monoisotopic (exact) mass is 432 g/mol. The Morgan fingerprint density at radius 2 is 1.76 bits per heavy atom. The lowest BCUT2D eigenvalue weighted by molar-refractivity contribution is -0.139. The molecule has 5 nitrogen and oxygen atoms in total. The molecular formula is C22H28O5SSi. The number of fused-ring (bicyclic) bond motifs is 1. The number of Topliss-reactive ketones (excluding diaryl/α,β-unsaturated/α-hetero) is 1. The highest BCUT2D eigenvalue weighted by atomic mass is 32.2. The van der Waals surface area contributed by atoms with Crippen molar-refractivity contribution in [3.8, 4) is 0 Å². The molecule has 0 radical (unpaired) electrons. The first-order valence-corrected chi connectivity index (χ1v) is 14.2. The van der Waals surface area contributed by atoms with E-state index in [1.165, 1.54) is 13.2 Å². The molecular weight excluding hydrogens is 404 g/mol. The van der Waals surface area contributed by atoms with Gasteiger partial charge in [0.15, 0.2) is 24.6 Å². The number of rotatable bonds is 5. The lowest BCUT2D eigenvalue weighted by Gasteiger charge is -2.52. The van der Waals surface area contributed by atoms with Crippen molar-refractivity contribution in [1.29, 1.82) is 0 Å². The molecule has 0 heterocycles. The van der Waals surface area contributed by atoms with Crippen LogP contribution in [0, 0.1) is 12.3 Å². The molecule has 0 saturated carbocycles. The molecule has 0 saturated heterocycles. The van der Waals surface area contributed by atoms with E-state index in [-0.39, 0.29) is 11.5 Å². The number of methoxy groups -OCH3 is 1. The molecule has 0 aliphatic heterocycles. The second-order valence-electron chi connectivity index (χ2n) is 8.84. The molecule has 29 heavy (non-hydrogen) atoms. The van der Waals surface area contributed by atoms with Gasteiger partial charge in [0.25, 0.3) is 0 Å². The summed E-state index contributed by atoms with van der Waals surface area (Å²) in [6, 6.07) is 7.23. The topological polar surface area (TPSA) is 69.7 Å². The van der Waals surface area contributed by atoms with Gasteiger partial charge in [-0.05, 0) is 52.0 Å². The zero-order valence-electron chi connectivity index (χ0n) is 17.8. The maximum absolute atomic E-state index is 14.1. The number of ether oxygens (including phenoxy) is 1. The summed E-state index contributed by atoms with van der Waals surface area (Å²) in [6.45, 7) is 9.70. The van der Waals surface area contributed by atoms with Crippen LogP contribution >= 0.6 is 0 Å². The maximum atomic E-state index is 14.1. The highest BCUT2D eigenvalue weighted by Gasteiger charge is 2.69. The van der Waals surface area contributed by atoms with Crippen LogP contribution < -0.4 is 0 Å². The zero-order chi connectivity index (χ0) is 21.6. The molecule has 0 bridgehead atoms. The van der Waals surface area contributed by atoms with E-state index in [1.54, 1.807) is 25.1 Å². The van der Waals surface area contributed by atoms with Crippen molar-refractivity contribution in [2.45, 2.75) is 55.7 Å². The smallest absolute Gasteiger partial charge is 0.220 e. The van der Waals surface area contributed by atoms with Crippen LogP contribution in [0.3, 0.4) is 0 Å². The molecule has 0 aromatic heterocycles. The van der Waals surface area contributed by atoms with Gasteiger partial charge in [0.1, 0.15) is 0 Å². The van der Waals surface area contributed by atoms with E-state index in [1.807, 2.05) is 44.8 Å². The van der Waals surface area contributed by atoms with E-state index >= 15 is 0 Å². The van der Waals surface area contributed by atoms with Gasteiger partial charge in [-0.3, -0.25) is 13.8 Å². The van der Waals surface area contributed by atoms with Crippen molar-refractivity contribution < 1.29 is 23.0 Å². The predicted octanol–water partition coefficient (Wildman–Crippen LogP) is 3.71. The Balaban J connectivity index is 2.31. The van der Waals surface area contributed by atoms with Gasteiger partial charge in [0.05, 0.1) is 29.4 Å². The molecule has 1 aromatic rings. The molecule has 2 aliphatic rings. The molecule has 0 spiro atoms. The van der Waals surface area contributed by atoms with Crippen molar-refractivity contribution in [3.05, 3.63) is 53.8 Å². The SMILES string of the molecule is COC1=CC(=O)[C@]2(C)CC=CC(O[Si](C)(C)C)[C@]2([S@@](=O)c2ccc(C)cc2)C1=O. The van der Waals surface area contributed by atoms with Gasteiger partial charge in [-0.2, -0.15) is 0 Å². The average Bonchev–Trinajstić information content (AvgIpc) is 2.64. The van der Waals surface area contributed by atoms with Crippen molar-refractivity contribution in [1.82, 2.24) is 0 Å². The van der Waals surface area contributed by atoms with E-state index in [0.717, 1.165) is 5.56 Å². The number of hydrogen-bond donors (Lipinski definition) is 0. The molecule has 0 fully saturated rings. The third-order valence-corrected chi connectivity index (χ3v) is 8.77. The number of carbonyl (C=O) groups is 2. The Hall–Kier alpha value is -1.83. The van der Waals surface area contributed by atoms with E-state index < -0.39 is 41.2 Å². The second-order valence-corrected chi connectivity index (χ2v) is 15.0. The van der Waals surface area contributed by atoms with Crippen LogP contribution in [0.15, 0.2) is 53.1 Å². The van der Waals surface area contributed by atoms with Gasteiger partial charge >= 0.3 is 0 Å². The number of allylic oxidation sites excluding steroid dienone is 3. The minimum atomic E-state index is -2.15. The average molecular weight is 433 g/mol. The van der Waals surface area contributed by atoms with Crippen molar-refractivity contribution in [3.63, 3.8) is 0 Å². The first kappa shape index (κ1) is 21.9. The van der Waals surface area contributed by atoms with Gasteiger partial charge in [-0.15, -0.1) is 0 Å². The van der Waals surface area contributed by atoms with E-state index in [2.05, 4.69) is 0 Å². The molecule has 1 aromatic carbocycles. The van der Waals surface area contributed by atoms with Gasteiger partial charge in [0, 0.05) is 11.0 Å². The van der Waals surface area contributed by atoms with Crippen LogP contribution in [0.4, 0.5) is 0 Å². The standard InChI is InChI=1S/C22H28O5SSi/c1-15-9-11-16(12-10-15)28(25)22-19(27-29(4,5)6)8-7-13-21(22,2)18(23)14-17(26-3)20(22)24/h7-12,14,19H,13H2,1-6H3/t19?,21-,22-,28-/m0/s1. The van der Waals surface area contributed by atoms with Crippen LogP contribution in [0.25, 0.3) is 0 Å². The first-order chi connectivity index (χ1) is 13.5. The summed E-state index contributed by atoms with van der Waals surface area (Å²) >= 11 is 0. The number of benzene rings is 1. The molecule has 3 rings (SSSR count). The largest absolute Gasteiger partial charge is 0.493 e. The summed E-state index contributed by atoms with van der Waals surface area (Å²) in [5.41, 5.74) is -0.172. The molecule has 2 aliphatic carbocycles. The molecule has 7 heteroatoms. The minimum Gasteiger partial charge on any atom is -0.493 e. The third kappa shape index (κ3) is 3.39. The summed E-state index contributed by atoms with van der Waals surface area (Å²) in [5, 5.41) is 0. The highest BCUT2D eigenvalue weighted by Crippen LogP contribution is 2.53. The Bertz CT molecular complexity index is 928. The van der Waals surface area contributed by atoms with Crippen molar-refractivity contribution >= 4 is 30.7 Å². The van der Waals surface area contributed by atoms with Crippen LogP contribution in [0.1, 0.15) is 18.9 Å². The zero-order valence-corrected chi connectivity index (χ0v) is 19.6. The maximum Gasteiger partial charge on any atom is 0.220 e. The lowest BCUT2D eigenvalue weighted by atomic mass is 9.61. The third-order valence-electron chi connectivity index (χ3n) is 5.65. The Kier molecular flexibility index (Phi) is 5.62. The van der Waals surface area contributed by atoms with Crippen LogP contribution in [-0.2, 0) is 29.6 Å². The van der Waals surface area contributed by atoms with Gasteiger partial charge in [-0.25, -0.2) is 0 Å². The van der Waals surface area contributed by atoms with Gasteiger partial charge in [-0.1, -0.05) is 29.8 Å². The van der Waals surface area contributed by atoms with E-state index in [0.29, 0.717) is 11.3 Å². The quantitative estimate of drug-likeness (QED) is 0.524. The predicted molar refractivity (Wildman–Crippen MR) is 116 cm³/mol. The van der Waals surface area contributed by atoms with E-state index in [9.17, 15) is 13.8 Å². The van der Waals surface area contributed by atoms with Crippen molar-refractivity contribution in [2.24, 2.45) is 5.41 Å². The summed E-state index contributed by atoms with van der Waals surface area (Å²) in [5.74, 6) is -0.760. The Morgan fingerprint density at radius 3 is 2.31 bits per heavy atom. The number of hydrogen-bond acceptors (Lipinski definition) is 5. The lowest BCUT2D eigenvalue weighted by Crippen LogP contribution is -2.69. The molecule has 4 atom stereocenters. The number of carbonyl (C=O) groups excluding carboxylic acids is 2. The summed E-state index contributed by atoms with van der Waals surface area (Å²) in [4.78, 5) is 27.6. The molecule has 0 N–H and O–H groups in total. The number of ketones is 2. The van der Waals surface area contributed by atoms with Crippen molar-refractivity contribution in [2.75, 3.05) is 7.11 Å². The van der Waals surface area contributed by atoms with Crippen LogP contribution in [-0.4, -0.2) is 42.1 Å². The highest BCUT2D eigenvalue weighted by molar-refractivity contribution is 7.87. The fourth-order valence-corrected chi connectivity index (χ4v) is 7.17. The summed E-state index contributed by atoms with van der Waals surface area (Å²) in [6.07, 6.45) is 4.44. The summed E-state index contributed by atoms with van der Waals surface area (Å²) in [7, 11) is -2.63. The van der Waals surface area contributed by atoms with Gasteiger partial charge in [0.2, 0.25) is 5.78 Å². The normalized spacial score (nSPS) is 30.6. The first-order valence-electron chi connectivity index (χ1n) is 9.65.